The Morgan fingerprint density at radius 1 is 1.26 bits per heavy atom. The first-order valence-corrected chi connectivity index (χ1v) is 9.76. The minimum atomic E-state index is 0.169. The molecule has 3 rings (SSSR count). The van der Waals surface area contributed by atoms with Gasteiger partial charge in [-0.1, -0.05) is 11.6 Å². The zero-order valence-corrected chi connectivity index (χ0v) is 15.0. The predicted octanol–water partition coefficient (Wildman–Crippen LogP) is 4.49. The van der Waals surface area contributed by atoms with Crippen LogP contribution >= 0.6 is 23.1 Å². The number of likely N-dealkylation sites (tertiary alicyclic amines) is 1. The van der Waals surface area contributed by atoms with Crippen molar-refractivity contribution in [2.24, 2.45) is 0 Å². The highest BCUT2D eigenvalue weighted by Crippen LogP contribution is 2.27. The Morgan fingerprint density at radius 3 is 2.70 bits per heavy atom. The Hall–Kier alpha value is -1.59. The number of thioether (sulfide) groups is 1. The van der Waals surface area contributed by atoms with E-state index in [2.05, 4.69) is 11.1 Å². The molecule has 1 fully saturated rings. The molecule has 1 saturated heterocycles. The summed E-state index contributed by atoms with van der Waals surface area (Å²) in [6.45, 7) is 3.60. The normalized spacial score (nSPS) is 14.9. The number of rotatable bonds is 3. The van der Waals surface area contributed by atoms with E-state index in [9.17, 15) is 4.79 Å². The number of hydrogen-bond acceptors (Lipinski definition) is 4. The number of carbonyl (C=O) groups excluding carboxylic acids is 1. The van der Waals surface area contributed by atoms with E-state index in [1.54, 1.807) is 23.1 Å². The lowest BCUT2D eigenvalue weighted by Crippen LogP contribution is -2.35. The smallest absolute Gasteiger partial charge is 0.263 e. The Morgan fingerprint density at radius 2 is 2.04 bits per heavy atom. The van der Waals surface area contributed by atoms with Gasteiger partial charge in [-0.05, 0) is 56.4 Å². The quantitative estimate of drug-likeness (QED) is 0.769. The van der Waals surface area contributed by atoms with Crippen LogP contribution < -0.4 is 0 Å². The lowest BCUT2D eigenvalue weighted by Gasteiger charge is -2.28. The van der Waals surface area contributed by atoms with E-state index in [-0.39, 0.29) is 5.91 Å². The van der Waals surface area contributed by atoms with E-state index < -0.39 is 0 Å². The van der Waals surface area contributed by atoms with Crippen LogP contribution in [0.1, 0.15) is 33.9 Å². The van der Waals surface area contributed by atoms with E-state index in [0.717, 1.165) is 42.2 Å². The molecule has 0 aromatic carbocycles. The fourth-order valence-electron chi connectivity index (χ4n) is 2.70. The van der Waals surface area contributed by atoms with Crippen LogP contribution in [0, 0.1) is 6.92 Å². The highest BCUT2D eigenvalue weighted by atomic mass is 32.2. The number of piperidine rings is 1. The Bertz CT molecular complexity index is 726. The molecule has 0 atom stereocenters. The van der Waals surface area contributed by atoms with Gasteiger partial charge in [0.15, 0.2) is 0 Å². The van der Waals surface area contributed by atoms with Crippen molar-refractivity contribution in [3.05, 3.63) is 52.2 Å². The first-order chi connectivity index (χ1) is 11.2. The summed E-state index contributed by atoms with van der Waals surface area (Å²) in [5.74, 6) is 0.169. The zero-order valence-electron chi connectivity index (χ0n) is 13.4. The van der Waals surface area contributed by atoms with Gasteiger partial charge >= 0.3 is 0 Å². The second-order valence-corrected chi connectivity index (χ2v) is 7.81. The van der Waals surface area contributed by atoms with Crippen molar-refractivity contribution in [1.82, 2.24) is 9.88 Å². The van der Waals surface area contributed by atoms with Gasteiger partial charge in [0.2, 0.25) is 0 Å². The summed E-state index contributed by atoms with van der Waals surface area (Å²) in [4.78, 5) is 19.9. The van der Waals surface area contributed by atoms with Gasteiger partial charge in [-0.2, -0.15) is 0 Å². The summed E-state index contributed by atoms with van der Waals surface area (Å²) in [7, 11) is 0. The van der Waals surface area contributed by atoms with Crippen LogP contribution in [0.3, 0.4) is 0 Å². The molecule has 1 aliphatic heterocycles. The molecule has 0 N–H and O–H groups in total. The van der Waals surface area contributed by atoms with E-state index in [4.69, 9.17) is 0 Å². The maximum absolute atomic E-state index is 12.5. The third-order valence-corrected chi connectivity index (χ3v) is 6.10. The molecule has 0 spiro atoms. The molecule has 5 heteroatoms. The maximum Gasteiger partial charge on any atom is 0.263 e. The molecule has 0 bridgehead atoms. The fourth-order valence-corrected chi connectivity index (χ4v) is 4.21. The molecule has 1 amide bonds. The van der Waals surface area contributed by atoms with E-state index in [1.807, 2.05) is 48.4 Å². The predicted molar refractivity (Wildman–Crippen MR) is 98.2 cm³/mol. The van der Waals surface area contributed by atoms with Crippen molar-refractivity contribution >= 4 is 35.1 Å². The van der Waals surface area contributed by atoms with Crippen molar-refractivity contribution in [3.8, 4) is 0 Å². The van der Waals surface area contributed by atoms with Crippen molar-refractivity contribution < 1.29 is 4.79 Å². The molecule has 0 unspecified atom stereocenters. The molecule has 3 heterocycles. The monoisotopic (exact) mass is 344 g/mol. The second-order valence-electron chi connectivity index (χ2n) is 5.62. The first-order valence-electron chi connectivity index (χ1n) is 7.72. The Balaban J connectivity index is 1.62. The average molecular weight is 345 g/mol. The van der Waals surface area contributed by atoms with Gasteiger partial charge in [0, 0.05) is 18.8 Å². The van der Waals surface area contributed by atoms with Crippen molar-refractivity contribution in [2.45, 2.75) is 24.0 Å². The minimum absolute atomic E-state index is 0.169. The third-order valence-electron chi connectivity index (χ3n) is 3.95. The number of pyridine rings is 1. The molecular formula is C18H20N2OS2. The van der Waals surface area contributed by atoms with Gasteiger partial charge in [0.25, 0.3) is 5.91 Å². The van der Waals surface area contributed by atoms with Gasteiger partial charge in [0.05, 0.1) is 14.8 Å². The maximum atomic E-state index is 12.5. The third kappa shape index (κ3) is 4.03. The van der Waals surface area contributed by atoms with Crippen LogP contribution in [-0.2, 0) is 0 Å². The molecule has 0 saturated carbocycles. The second kappa shape index (κ2) is 7.32. The summed E-state index contributed by atoms with van der Waals surface area (Å²) < 4.78 is 1.19. The minimum Gasteiger partial charge on any atom is -0.337 e. The van der Waals surface area contributed by atoms with Crippen LogP contribution in [0.2, 0.25) is 0 Å². The molecule has 3 nitrogen and oxygen atoms in total. The van der Waals surface area contributed by atoms with E-state index >= 15 is 0 Å². The Kier molecular flexibility index (Phi) is 5.18. The zero-order chi connectivity index (χ0) is 16.2. The van der Waals surface area contributed by atoms with Crippen molar-refractivity contribution in [3.63, 3.8) is 0 Å². The summed E-state index contributed by atoms with van der Waals surface area (Å²) in [5, 5.41) is 0. The number of amides is 1. The summed E-state index contributed by atoms with van der Waals surface area (Å²) in [6.07, 6.45) is 6.08. The van der Waals surface area contributed by atoms with Crippen molar-refractivity contribution in [1.29, 1.82) is 0 Å². The van der Waals surface area contributed by atoms with Gasteiger partial charge < -0.3 is 4.90 Å². The molecule has 0 aliphatic carbocycles. The average Bonchev–Trinajstić information content (AvgIpc) is 3.04. The molecule has 0 radical (unpaired) electrons. The number of nitrogens with zero attached hydrogens (tertiary/aromatic N) is 2. The number of hydrogen-bond donors (Lipinski definition) is 0. The highest BCUT2D eigenvalue weighted by Gasteiger charge is 2.21. The standard InChI is InChI=1S/C18H20N2OS2/c1-13-4-3-5-15(19-13)12-14-8-10-20(11-9-14)18(21)16-6-7-17(22-2)23-16/h3-7,12H,8-11H2,1-2H3. The molecular weight excluding hydrogens is 324 g/mol. The number of aryl methyl sites for hydroxylation is 1. The van der Waals surface area contributed by atoms with Crippen LogP contribution in [0.15, 0.2) is 40.1 Å². The van der Waals surface area contributed by atoms with Crippen LogP contribution in [0.5, 0.6) is 0 Å². The summed E-state index contributed by atoms with van der Waals surface area (Å²) in [5.41, 5.74) is 3.43. The van der Waals surface area contributed by atoms with E-state index in [1.165, 1.54) is 9.78 Å². The van der Waals surface area contributed by atoms with Gasteiger partial charge in [-0.25, -0.2) is 0 Å². The highest BCUT2D eigenvalue weighted by molar-refractivity contribution is 8.00. The fraction of sp³-hybridized carbons (Fsp3) is 0.333. The molecule has 120 valence electrons. The van der Waals surface area contributed by atoms with Gasteiger partial charge in [0.1, 0.15) is 0 Å². The van der Waals surface area contributed by atoms with Crippen LogP contribution in [0.25, 0.3) is 6.08 Å². The van der Waals surface area contributed by atoms with Crippen molar-refractivity contribution in [2.75, 3.05) is 19.3 Å². The lowest BCUT2D eigenvalue weighted by molar-refractivity contribution is 0.0749. The summed E-state index contributed by atoms with van der Waals surface area (Å²) >= 11 is 3.27. The number of aromatic nitrogens is 1. The lowest BCUT2D eigenvalue weighted by atomic mass is 10.0. The van der Waals surface area contributed by atoms with Gasteiger partial charge in [-0.15, -0.1) is 23.1 Å². The number of carbonyl (C=O) groups is 1. The molecule has 2 aromatic rings. The summed E-state index contributed by atoms with van der Waals surface area (Å²) in [6, 6.07) is 10.1. The Labute approximate surface area is 145 Å². The SMILES string of the molecule is CSc1ccc(C(=O)N2CCC(=Cc3cccc(C)n3)CC2)s1. The molecule has 2 aromatic heterocycles. The van der Waals surface area contributed by atoms with Crippen LogP contribution in [-0.4, -0.2) is 35.1 Å². The largest absolute Gasteiger partial charge is 0.337 e. The molecule has 23 heavy (non-hydrogen) atoms. The number of thiophene rings is 1. The van der Waals surface area contributed by atoms with Crippen LogP contribution in [0.4, 0.5) is 0 Å². The molecule has 1 aliphatic rings. The first kappa shape index (κ1) is 16.3. The van der Waals surface area contributed by atoms with Gasteiger partial charge in [-0.3, -0.25) is 9.78 Å². The van der Waals surface area contributed by atoms with E-state index in [0.29, 0.717) is 0 Å². The topological polar surface area (TPSA) is 33.2 Å².